The van der Waals surface area contributed by atoms with Crippen molar-refractivity contribution in [3.05, 3.63) is 19.8 Å². The number of thiophene rings is 1. The molecule has 0 spiro atoms. The number of halogens is 1. The number of aryl methyl sites for hydroxylation is 1. The Kier molecular flexibility index (Phi) is 2.44. The quantitative estimate of drug-likeness (QED) is 0.752. The highest BCUT2D eigenvalue weighted by Gasteiger charge is 2.22. The van der Waals surface area contributed by atoms with Crippen LogP contribution in [0.4, 0.5) is 0 Å². The van der Waals surface area contributed by atoms with Gasteiger partial charge in [0.15, 0.2) is 0 Å². The Bertz CT molecular complexity index is 375. The van der Waals surface area contributed by atoms with E-state index >= 15 is 0 Å². The van der Waals surface area contributed by atoms with Gasteiger partial charge in [0.25, 0.3) is 0 Å². The van der Waals surface area contributed by atoms with Gasteiger partial charge >= 0.3 is 0 Å². The van der Waals surface area contributed by atoms with E-state index in [9.17, 15) is 0 Å². The van der Waals surface area contributed by atoms with Crippen molar-refractivity contribution in [2.24, 2.45) is 0 Å². The van der Waals surface area contributed by atoms with Crippen molar-refractivity contribution >= 4 is 27.3 Å². The van der Waals surface area contributed by atoms with Crippen molar-refractivity contribution in [1.82, 2.24) is 0 Å². The van der Waals surface area contributed by atoms with E-state index in [1.165, 1.54) is 39.1 Å². The molecule has 0 fully saturated rings. The molecule has 0 aromatic carbocycles. The molecule has 1 atom stereocenters. The van der Waals surface area contributed by atoms with Crippen molar-refractivity contribution in [3.63, 3.8) is 0 Å². The first-order valence-electron chi connectivity index (χ1n) is 4.43. The molecule has 2 rings (SSSR count). The van der Waals surface area contributed by atoms with Gasteiger partial charge in [-0.3, -0.25) is 0 Å². The monoisotopic (exact) mass is 255 g/mol. The Morgan fingerprint density at radius 1 is 1.54 bits per heavy atom. The molecule has 0 saturated carbocycles. The lowest BCUT2D eigenvalue weighted by Gasteiger charge is -1.99. The Labute approximate surface area is 90.5 Å². The summed E-state index contributed by atoms with van der Waals surface area (Å²) >= 11 is 5.41. The third-order valence-corrected chi connectivity index (χ3v) is 5.11. The largest absolute Gasteiger partial charge is 0.198 e. The average Bonchev–Trinajstić information content (AvgIpc) is 2.68. The highest BCUT2D eigenvalue weighted by atomic mass is 79.9. The Morgan fingerprint density at radius 3 is 2.92 bits per heavy atom. The third-order valence-electron chi connectivity index (χ3n) is 2.47. The van der Waals surface area contributed by atoms with Crippen LogP contribution in [0, 0.1) is 11.3 Å². The van der Waals surface area contributed by atoms with Crippen LogP contribution in [0.5, 0.6) is 0 Å². The van der Waals surface area contributed by atoms with Crippen molar-refractivity contribution < 1.29 is 0 Å². The molecule has 1 unspecified atom stereocenters. The normalized spacial score (nSPS) is 16.7. The van der Waals surface area contributed by atoms with Gasteiger partial charge in [0, 0.05) is 14.2 Å². The second kappa shape index (κ2) is 3.43. The van der Waals surface area contributed by atoms with E-state index in [1.54, 1.807) is 0 Å². The molecule has 1 nitrogen and oxygen atoms in total. The second-order valence-corrected chi connectivity index (χ2v) is 5.32. The number of rotatable bonds is 1. The molecule has 0 saturated heterocycles. The van der Waals surface area contributed by atoms with Gasteiger partial charge in [-0.15, -0.1) is 11.3 Å². The molecule has 0 amide bonds. The maximum Gasteiger partial charge on any atom is 0.0789 e. The predicted octanol–water partition coefficient (Wildman–Crippen LogP) is 3.63. The topological polar surface area (TPSA) is 23.8 Å². The first-order valence-corrected chi connectivity index (χ1v) is 6.04. The molecule has 1 aliphatic rings. The zero-order chi connectivity index (χ0) is 9.42. The summed E-state index contributed by atoms with van der Waals surface area (Å²) < 4.78 is 1.21. The summed E-state index contributed by atoms with van der Waals surface area (Å²) in [6.07, 6.45) is 3.67. The van der Waals surface area contributed by atoms with Gasteiger partial charge in [-0.25, -0.2) is 0 Å². The summed E-state index contributed by atoms with van der Waals surface area (Å²) in [6, 6.07) is 2.29. The SMILES string of the molecule is CC(C#N)c1sc2c(c1Br)CCC2. The van der Waals surface area contributed by atoms with Gasteiger partial charge in [-0.05, 0) is 47.7 Å². The fourth-order valence-corrected chi connectivity index (χ4v) is 4.16. The summed E-state index contributed by atoms with van der Waals surface area (Å²) in [6.45, 7) is 1.96. The average molecular weight is 256 g/mol. The van der Waals surface area contributed by atoms with E-state index in [0.29, 0.717) is 0 Å². The predicted molar refractivity (Wildman–Crippen MR) is 58.1 cm³/mol. The summed E-state index contributed by atoms with van der Waals surface area (Å²) in [5.41, 5.74) is 1.46. The van der Waals surface area contributed by atoms with Crippen molar-refractivity contribution in [2.45, 2.75) is 32.1 Å². The molecule has 68 valence electrons. The minimum absolute atomic E-state index is 0.0324. The van der Waals surface area contributed by atoms with Gasteiger partial charge in [0.1, 0.15) is 0 Å². The van der Waals surface area contributed by atoms with Crippen LogP contribution in [-0.4, -0.2) is 0 Å². The van der Waals surface area contributed by atoms with Crippen LogP contribution in [0.25, 0.3) is 0 Å². The number of nitriles is 1. The van der Waals surface area contributed by atoms with E-state index in [1.807, 2.05) is 18.3 Å². The zero-order valence-corrected chi connectivity index (χ0v) is 9.83. The van der Waals surface area contributed by atoms with Crippen LogP contribution in [-0.2, 0) is 12.8 Å². The number of fused-ring (bicyclic) bond motifs is 1. The van der Waals surface area contributed by atoms with E-state index in [0.717, 1.165) is 0 Å². The fourth-order valence-electron chi connectivity index (χ4n) is 1.72. The van der Waals surface area contributed by atoms with Gasteiger partial charge in [0.05, 0.1) is 12.0 Å². The van der Waals surface area contributed by atoms with Crippen LogP contribution in [0.3, 0.4) is 0 Å². The van der Waals surface area contributed by atoms with Gasteiger partial charge < -0.3 is 0 Å². The van der Waals surface area contributed by atoms with E-state index in [2.05, 4.69) is 22.0 Å². The summed E-state index contributed by atoms with van der Waals surface area (Å²) in [5.74, 6) is 0.0324. The highest BCUT2D eigenvalue weighted by Crippen LogP contribution is 2.41. The van der Waals surface area contributed by atoms with Crippen LogP contribution in [0.1, 0.15) is 34.6 Å². The van der Waals surface area contributed by atoms with Gasteiger partial charge in [-0.1, -0.05) is 0 Å². The zero-order valence-electron chi connectivity index (χ0n) is 7.43. The Morgan fingerprint density at radius 2 is 2.31 bits per heavy atom. The molecular formula is C10H10BrNS. The molecule has 0 N–H and O–H groups in total. The maximum atomic E-state index is 8.84. The summed E-state index contributed by atoms with van der Waals surface area (Å²) in [7, 11) is 0. The highest BCUT2D eigenvalue weighted by molar-refractivity contribution is 9.10. The molecule has 13 heavy (non-hydrogen) atoms. The Balaban J connectivity index is 2.46. The number of hydrogen-bond donors (Lipinski definition) is 0. The minimum atomic E-state index is 0.0324. The molecule has 0 radical (unpaired) electrons. The molecular weight excluding hydrogens is 246 g/mol. The molecule has 1 aromatic rings. The van der Waals surface area contributed by atoms with E-state index < -0.39 is 0 Å². The number of hydrogen-bond acceptors (Lipinski definition) is 2. The minimum Gasteiger partial charge on any atom is -0.198 e. The lowest BCUT2D eigenvalue weighted by Crippen LogP contribution is -1.86. The molecule has 0 aliphatic heterocycles. The molecule has 1 aliphatic carbocycles. The standard InChI is InChI=1S/C10H10BrNS/c1-6(5-12)10-9(11)7-3-2-4-8(7)13-10/h6H,2-4H2,1H3. The summed E-state index contributed by atoms with van der Waals surface area (Å²) in [4.78, 5) is 2.70. The lowest BCUT2D eigenvalue weighted by molar-refractivity contribution is 0.907. The van der Waals surface area contributed by atoms with Crippen molar-refractivity contribution in [2.75, 3.05) is 0 Å². The number of nitrogens with zero attached hydrogens (tertiary/aromatic N) is 1. The second-order valence-electron chi connectivity index (χ2n) is 3.39. The Hall–Kier alpha value is -0.330. The molecule has 1 aromatic heterocycles. The van der Waals surface area contributed by atoms with Crippen molar-refractivity contribution in [1.29, 1.82) is 5.26 Å². The molecule has 3 heteroatoms. The van der Waals surface area contributed by atoms with Crippen LogP contribution < -0.4 is 0 Å². The molecule has 1 heterocycles. The van der Waals surface area contributed by atoms with E-state index in [4.69, 9.17) is 5.26 Å². The smallest absolute Gasteiger partial charge is 0.0789 e. The van der Waals surface area contributed by atoms with Gasteiger partial charge in [0.2, 0.25) is 0 Å². The van der Waals surface area contributed by atoms with Gasteiger partial charge in [-0.2, -0.15) is 5.26 Å². The van der Waals surface area contributed by atoms with Crippen LogP contribution in [0.2, 0.25) is 0 Å². The van der Waals surface area contributed by atoms with Crippen LogP contribution in [0.15, 0.2) is 4.47 Å². The summed E-state index contributed by atoms with van der Waals surface area (Å²) in [5, 5.41) is 8.84. The maximum absolute atomic E-state index is 8.84. The first-order chi connectivity index (χ1) is 6.24. The first kappa shape index (κ1) is 9.23. The third kappa shape index (κ3) is 1.43. The lowest BCUT2D eigenvalue weighted by atomic mass is 10.1. The molecule has 0 bridgehead atoms. The van der Waals surface area contributed by atoms with E-state index in [-0.39, 0.29) is 5.92 Å². The van der Waals surface area contributed by atoms with Crippen molar-refractivity contribution in [3.8, 4) is 6.07 Å². The fraction of sp³-hybridized carbons (Fsp3) is 0.500. The van der Waals surface area contributed by atoms with Crippen LogP contribution >= 0.6 is 27.3 Å².